The van der Waals surface area contributed by atoms with Crippen LogP contribution in [-0.2, 0) is 19.1 Å². The third kappa shape index (κ3) is 2.46. The first-order valence-corrected chi connectivity index (χ1v) is 11.4. The van der Waals surface area contributed by atoms with Gasteiger partial charge in [-0.05, 0) is 25.2 Å². The number of aliphatic hydroxyl groups excluding tert-OH is 1. The molecule has 156 valence electrons. The maximum absolute atomic E-state index is 12.8. The maximum atomic E-state index is 12.8. The summed E-state index contributed by atoms with van der Waals surface area (Å²) in [7, 11) is 0. The van der Waals surface area contributed by atoms with Crippen LogP contribution in [-0.4, -0.2) is 54.0 Å². The zero-order valence-corrected chi connectivity index (χ0v) is 17.2. The number of rotatable bonds is 2. The first kappa shape index (κ1) is 18.9. The van der Waals surface area contributed by atoms with Crippen LogP contribution in [0.25, 0.3) is 0 Å². The quantitative estimate of drug-likeness (QED) is 0.672. The molecule has 0 aromatic rings. The summed E-state index contributed by atoms with van der Waals surface area (Å²) in [5.41, 5.74) is 0. The summed E-state index contributed by atoms with van der Waals surface area (Å²) in [6.45, 7) is 7.09. The molecule has 6 nitrogen and oxygen atoms in total. The molecule has 6 heteroatoms. The first-order chi connectivity index (χ1) is 13.4. The molecule has 2 N–H and O–H groups in total. The van der Waals surface area contributed by atoms with E-state index in [1.807, 2.05) is 13.8 Å². The summed E-state index contributed by atoms with van der Waals surface area (Å²) in [6.07, 6.45) is 4.31. The molecule has 1 saturated carbocycles. The van der Waals surface area contributed by atoms with Gasteiger partial charge >= 0.3 is 11.9 Å². The molecule has 0 spiro atoms. The molecule has 5 aliphatic rings. The lowest BCUT2D eigenvalue weighted by molar-refractivity contribution is -0.945. The van der Waals surface area contributed by atoms with Crippen LogP contribution < -0.4 is 4.90 Å². The molecule has 0 bridgehead atoms. The van der Waals surface area contributed by atoms with Crippen molar-refractivity contribution in [1.82, 2.24) is 0 Å². The lowest BCUT2D eigenvalue weighted by Crippen LogP contribution is -3.19. The van der Waals surface area contributed by atoms with Crippen LogP contribution in [0, 0.1) is 35.5 Å². The summed E-state index contributed by atoms with van der Waals surface area (Å²) in [6, 6.07) is 0.423. The van der Waals surface area contributed by atoms with E-state index in [0.29, 0.717) is 18.4 Å². The molecular weight excluding hydrogens is 358 g/mol. The molecule has 0 radical (unpaired) electrons. The first-order valence-electron chi connectivity index (χ1n) is 11.4. The standard InChI is InChI=1S/C22H33NO5/c1-4-12-13-7-5-6-8-23-17(13)16-15(19(12)24)11(3)22(26)28-20(16)18(23)14-9-10(2)21(25)27-14/h10-20,24H,4-9H2,1-3H3/p+1. The summed E-state index contributed by atoms with van der Waals surface area (Å²) in [5.74, 6) is 0.203. The monoisotopic (exact) mass is 392 g/mol. The number of aliphatic hydroxyl groups is 1. The van der Waals surface area contributed by atoms with Crippen molar-refractivity contribution >= 4 is 11.9 Å². The minimum Gasteiger partial charge on any atom is -0.456 e. The van der Waals surface area contributed by atoms with Crippen LogP contribution in [0.4, 0.5) is 0 Å². The highest BCUT2D eigenvalue weighted by Crippen LogP contribution is 2.52. The number of nitrogens with one attached hydrogen (secondary N) is 1. The molecule has 4 aliphatic heterocycles. The Morgan fingerprint density at radius 3 is 2.54 bits per heavy atom. The number of carbonyl (C=O) groups excluding carboxylic acids is 2. The van der Waals surface area contributed by atoms with Crippen LogP contribution in [0.15, 0.2) is 0 Å². The third-order valence-corrected chi connectivity index (χ3v) is 8.87. The van der Waals surface area contributed by atoms with Crippen molar-refractivity contribution in [1.29, 1.82) is 0 Å². The summed E-state index contributed by atoms with van der Waals surface area (Å²) < 4.78 is 11.9. The molecule has 12 atom stereocenters. The van der Waals surface area contributed by atoms with E-state index in [2.05, 4.69) is 6.92 Å². The van der Waals surface area contributed by atoms with Crippen molar-refractivity contribution in [3.63, 3.8) is 0 Å². The number of hydrogen-bond acceptors (Lipinski definition) is 5. The lowest BCUT2D eigenvalue weighted by Gasteiger charge is -2.50. The van der Waals surface area contributed by atoms with Gasteiger partial charge in [0.1, 0.15) is 0 Å². The predicted molar refractivity (Wildman–Crippen MR) is 100 cm³/mol. The zero-order valence-electron chi connectivity index (χ0n) is 17.2. The third-order valence-electron chi connectivity index (χ3n) is 8.87. The molecule has 5 fully saturated rings. The van der Waals surface area contributed by atoms with Gasteiger partial charge in [-0.1, -0.05) is 27.2 Å². The lowest BCUT2D eigenvalue weighted by atomic mass is 9.57. The van der Waals surface area contributed by atoms with Gasteiger partial charge in [0.25, 0.3) is 0 Å². The number of cyclic esters (lactones) is 1. The van der Waals surface area contributed by atoms with Crippen molar-refractivity contribution in [2.45, 2.75) is 83.3 Å². The second kappa shape index (κ2) is 6.69. The van der Waals surface area contributed by atoms with E-state index in [4.69, 9.17) is 9.47 Å². The van der Waals surface area contributed by atoms with Crippen LogP contribution in [0.3, 0.4) is 0 Å². The van der Waals surface area contributed by atoms with Crippen LogP contribution in [0.5, 0.6) is 0 Å². The molecule has 4 saturated heterocycles. The Kier molecular flexibility index (Phi) is 4.51. The molecular formula is C22H34NO5+. The number of hydrogen-bond donors (Lipinski definition) is 2. The Morgan fingerprint density at radius 1 is 1.07 bits per heavy atom. The highest BCUT2D eigenvalue weighted by atomic mass is 16.6. The van der Waals surface area contributed by atoms with E-state index in [0.717, 1.165) is 25.8 Å². The van der Waals surface area contributed by atoms with Gasteiger partial charge in [-0.15, -0.1) is 0 Å². The highest BCUT2D eigenvalue weighted by Gasteiger charge is 2.70. The Hall–Kier alpha value is -1.14. The Labute approximate surface area is 166 Å². The molecule has 0 aromatic carbocycles. The van der Waals surface area contributed by atoms with Crippen molar-refractivity contribution in [3.05, 3.63) is 0 Å². The van der Waals surface area contributed by atoms with E-state index >= 15 is 0 Å². The summed E-state index contributed by atoms with van der Waals surface area (Å²) in [4.78, 5) is 26.4. The average molecular weight is 393 g/mol. The van der Waals surface area contributed by atoms with E-state index in [1.165, 1.54) is 11.3 Å². The van der Waals surface area contributed by atoms with Gasteiger partial charge in [-0.2, -0.15) is 0 Å². The SMILES string of the molecule is CCC1C(O)C2C(C)C(=O)OC3C2C2C1CCCC[NH+]2C3C1CC(C)C(=O)O1. The fraction of sp³-hybridized carbons (Fsp3) is 0.909. The molecule has 1 aliphatic carbocycles. The predicted octanol–water partition coefficient (Wildman–Crippen LogP) is 0.568. The minimum atomic E-state index is -0.440. The summed E-state index contributed by atoms with van der Waals surface area (Å²) >= 11 is 0. The van der Waals surface area contributed by atoms with Gasteiger partial charge in [-0.25, -0.2) is 0 Å². The van der Waals surface area contributed by atoms with E-state index < -0.39 is 6.10 Å². The number of esters is 2. The van der Waals surface area contributed by atoms with E-state index in [9.17, 15) is 14.7 Å². The Balaban J connectivity index is 1.59. The van der Waals surface area contributed by atoms with Crippen LogP contribution in [0.1, 0.15) is 52.9 Å². The normalized spacial score (nSPS) is 55.3. The topological polar surface area (TPSA) is 77.3 Å². The van der Waals surface area contributed by atoms with Crippen LogP contribution >= 0.6 is 0 Å². The Morgan fingerprint density at radius 2 is 1.86 bits per heavy atom. The van der Waals surface area contributed by atoms with Crippen molar-refractivity contribution < 1.29 is 29.1 Å². The second-order valence-corrected chi connectivity index (χ2v) is 10.1. The molecule has 12 unspecified atom stereocenters. The molecule has 4 heterocycles. The van der Waals surface area contributed by atoms with E-state index in [1.54, 1.807) is 0 Å². The number of quaternary nitrogens is 1. The largest absolute Gasteiger partial charge is 0.456 e. The van der Waals surface area contributed by atoms with Gasteiger partial charge in [-0.3, -0.25) is 9.59 Å². The number of carbonyl (C=O) groups is 2. The maximum Gasteiger partial charge on any atom is 0.309 e. The smallest absolute Gasteiger partial charge is 0.309 e. The van der Waals surface area contributed by atoms with Crippen molar-refractivity contribution in [2.24, 2.45) is 35.5 Å². The fourth-order valence-electron chi connectivity index (χ4n) is 7.76. The van der Waals surface area contributed by atoms with Crippen molar-refractivity contribution in [2.75, 3.05) is 6.54 Å². The molecule has 0 aromatic heterocycles. The molecule has 0 amide bonds. The van der Waals surface area contributed by atoms with Gasteiger partial charge in [0.15, 0.2) is 18.2 Å². The van der Waals surface area contributed by atoms with Gasteiger partial charge in [0.05, 0.1) is 36.4 Å². The van der Waals surface area contributed by atoms with Gasteiger partial charge in [0, 0.05) is 18.3 Å². The fourth-order valence-corrected chi connectivity index (χ4v) is 7.76. The minimum absolute atomic E-state index is 0.0197. The summed E-state index contributed by atoms with van der Waals surface area (Å²) in [5, 5.41) is 11.4. The second-order valence-electron chi connectivity index (χ2n) is 10.1. The van der Waals surface area contributed by atoms with E-state index in [-0.39, 0.29) is 59.8 Å². The van der Waals surface area contributed by atoms with Gasteiger partial charge in [0.2, 0.25) is 0 Å². The van der Waals surface area contributed by atoms with Crippen molar-refractivity contribution in [3.8, 4) is 0 Å². The number of ether oxygens (including phenoxy) is 2. The van der Waals surface area contributed by atoms with Crippen LogP contribution in [0.2, 0.25) is 0 Å². The molecule has 5 rings (SSSR count). The average Bonchev–Trinajstić information content (AvgIpc) is 3.05. The molecule has 28 heavy (non-hydrogen) atoms. The Bertz CT molecular complexity index is 667. The van der Waals surface area contributed by atoms with Gasteiger partial charge < -0.3 is 19.5 Å². The highest BCUT2D eigenvalue weighted by molar-refractivity contribution is 5.75. The zero-order chi connectivity index (χ0) is 19.7.